The van der Waals surface area contributed by atoms with E-state index in [0.29, 0.717) is 35.2 Å². The average molecular weight is 202 g/mol. The Morgan fingerprint density at radius 1 is 1.15 bits per heavy atom. The molecule has 1 heterocycles. The van der Waals surface area contributed by atoms with Gasteiger partial charge >= 0.3 is 0 Å². The molecule has 0 N–H and O–H groups in total. The van der Waals surface area contributed by atoms with Crippen LogP contribution in [0.25, 0.3) is 0 Å². The van der Waals surface area contributed by atoms with Gasteiger partial charge in [-0.25, -0.2) is 8.42 Å². The van der Waals surface area contributed by atoms with Gasteiger partial charge in [0.25, 0.3) is 0 Å². The summed E-state index contributed by atoms with van der Waals surface area (Å²) in [5.41, 5.74) is 0. The Kier molecular flexibility index (Phi) is 2.17. The molecule has 1 aliphatic carbocycles. The van der Waals surface area contributed by atoms with Crippen LogP contribution in [0.1, 0.15) is 26.7 Å². The Bertz CT molecular complexity index is 292. The van der Waals surface area contributed by atoms with Crippen molar-refractivity contribution < 1.29 is 8.42 Å². The zero-order valence-electron chi connectivity index (χ0n) is 8.36. The molecule has 76 valence electrons. The van der Waals surface area contributed by atoms with E-state index in [1.54, 1.807) is 0 Å². The van der Waals surface area contributed by atoms with Gasteiger partial charge in [-0.3, -0.25) is 0 Å². The van der Waals surface area contributed by atoms with Gasteiger partial charge in [0.05, 0.1) is 11.5 Å². The molecule has 0 aromatic carbocycles. The average Bonchev–Trinajstić information content (AvgIpc) is 2.41. The van der Waals surface area contributed by atoms with Crippen LogP contribution < -0.4 is 0 Å². The smallest absolute Gasteiger partial charge is 0.150 e. The molecule has 3 atom stereocenters. The molecule has 1 saturated heterocycles. The Balaban J connectivity index is 2.16. The lowest BCUT2D eigenvalue weighted by molar-refractivity contribution is 0.296. The topological polar surface area (TPSA) is 34.1 Å². The van der Waals surface area contributed by atoms with Crippen molar-refractivity contribution in [3.05, 3.63) is 0 Å². The maximum absolute atomic E-state index is 11.4. The highest BCUT2D eigenvalue weighted by Crippen LogP contribution is 2.46. The lowest BCUT2D eigenvalue weighted by Crippen LogP contribution is -2.18. The van der Waals surface area contributed by atoms with Crippen molar-refractivity contribution >= 4 is 9.84 Å². The quantitative estimate of drug-likeness (QED) is 0.648. The zero-order chi connectivity index (χ0) is 9.64. The van der Waals surface area contributed by atoms with E-state index in [2.05, 4.69) is 13.8 Å². The van der Waals surface area contributed by atoms with E-state index < -0.39 is 9.84 Å². The molecule has 1 saturated carbocycles. The summed E-state index contributed by atoms with van der Waals surface area (Å²) in [5, 5.41) is 0. The van der Waals surface area contributed by atoms with E-state index in [-0.39, 0.29) is 0 Å². The van der Waals surface area contributed by atoms with Crippen LogP contribution in [0.15, 0.2) is 0 Å². The largest absolute Gasteiger partial charge is 0.229 e. The minimum Gasteiger partial charge on any atom is -0.229 e. The van der Waals surface area contributed by atoms with Gasteiger partial charge in [0.1, 0.15) is 0 Å². The third-order valence-corrected chi connectivity index (χ3v) is 5.63. The van der Waals surface area contributed by atoms with E-state index in [4.69, 9.17) is 0 Å². The molecule has 2 nitrogen and oxygen atoms in total. The second-order valence-corrected chi connectivity index (χ2v) is 7.14. The van der Waals surface area contributed by atoms with Crippen LogP contribution in [0.5, 0.6) is 0 Å². The first-order chi connectivity index (χ1) is 5.99. The molecule has 0 aromatic heterocycles. The van der Waals surface area contributed by atoms with Crippen molar-refractivity contribution in [3.8, 4) is 0 Å². The summed E-state index contributed by atoms with van der Waals surface area (Å²) >= 11 is 0. The van der Waals surface area contributed by atoms with Gasteiger partial charge < -0.3 is 0 Å². The maximum Gasteiger partial charge on any atom is 0.150 e. The van der Waals surface area contributed by atoms with Crippen molar-refractivity contribution in [1.82, 2.24) is 0 Å². The monoisotopic (exact) mass is 202 g/mol. The van der Waals surface area contributed by atoms with Crippen LogP contribution in [0.4, 0.5) is 0 Å². The van der Waals surface area contributed by atoms with Gasteiger partial charge in [-0.2, -0.15) is 0 Å². The molecule has 3 heteroatoms. The molecular weight excluding hydrogens is 184 g/mol. The molecule has 0 radical (unpaired) electrons. The molecular formula is C10H18O2S. The van der Waals surface area contributed by atoms with Crippen molar-refractivity contribution in [2.45, 2.75) is 26.7 Å². The van der Waals surface area contributed by atoms with Crippen molar-refractivity contribution in [1.29, 1.82) is 0 Å². The fourth-order valence-electron chi connectivity index (χ4n) is 3.17. The van der Waals surface area contributed by atoms with E-state index in [0.717, 1.165) is 6.42 Å². The molecule has 0 aromatic rings. The van der Waals surface area contributed by atoms with E-state index >= 15 is 0 Å². The van der Waals surface area contributed by atoms with Crippen LogP contribution >= 0.6 is 0 Å². The predicted molar refractivity (Wildman–Crippen MR) is 53.2 cm³/mol. The van der Waals surface area contributed by atoms with Crippen LogP contribution in [-0.4, -0.2) is 19.9 Å². The predicted octanol–water partition coefficient (Wildman–Crippen LogP) is 1.71. The first-order valence-electron chi connectivity index (χ1n) is 5.20. The SMILES string of the molecule is CC(C)C1CCC2CS(=O)(=O)CC21. The number of hydrogen-bond acceptors (Lipinski definition) is 2. The number of hydrogen-bond donors (Lipinski definition) is 0. The molecule has 0 bridgehead atoms. The van der Waals surface area contributed by atoms with Gasteiger partial charge in [0.15, 0.2) is 9.84 Å². The van der Waals surface area contributed by atoms with Crippen molar-refractivity contribution in [2.24, 2.45) is 23.7 Å². The van der Waals surface area contributed by atoms with Crippen molar-refractivity contribution in [3.63, 3.8) is 0 Å². The van der Waals surface area contributed by atoms with Gasteiger partial charge in [0, 0.05) is 0 Å². The normalized spacial score (nSPS) is 42.5. The number of fused-ring (bicyclic) bond motifs is 1. The van der Waals surface area contributed by atoms with Crippen LogP contribution in [0.3, 0.4) is 0 Å². The van der Waals surface area contributed by atoms with Gasteiger partial charge in [0.2, 0.25) is 0 Å². The summed E-state index contributed by atoms with van der Waals surface area (Å²) in [6, 6.07) is 0. The van der Waals surface area contributed by atoms with Gasteiger partial charge in [-0.1, -0.05) is 13.8 Å². The minimum absolute atomic E-state index is 0.473. The molecule has 2 aliphatic rings. The van der Waals surface area contributed by atoms with E-state index in [9.17, 15) is 8.42 Å². The number of rotatable bonds is 1. The molecule has 0 spiro atoms. The van der Waals surface area contributed by atoms with Gasteiger partial charge in [-0.15, -0.1) is 0 Å². The van der Waals surface area contributed by atoms with Crippen LogP contribution in [-0.2, 0) is 9.84 Å². The lowest BCUT2D eigenvalue weighted by Gasteiger charge is -2.20. The molecule has 2 fully saturated rings. The third-order valence-electron chi connectivity index (χ3n) is 3.80. The Hall–Kier alpha value is -0.0500. The lowest BCUT2D eigenvalue weighted by atomic mass is 9.85. The van der Waals surface area contributed by atoms with Crippen molar-refractivity contribution in [2.75, 3.05) is 11.5 Å². The molecule has 13 heavy (non-hydrogen) atoms. The Labute approximate surface area is 80.6 Å². The Morgan fingerprint density at radius 2 is 1.85 bits per heavy atom. The third kappa shape index (κ3) is 1.63. The van der Waals surface area contributed by atoms with E-state index in [1.807, 2.05) is 0 Å². The number of sulfone groups is 1. The molecule has 2 rings (SSSR count). The maximum atomic E-state index is 11.4. The first kappa shape index (κ1) is 9.50. The molecule has 1 aliphatic heterocycles. The fourth-order valence-corrected chi connectivity index (χ4v) is 5.47. The summed E-state index contributed by atoms with van der Waals surface area (Å²) in [7, 11) is -2.67. The minimum atomic E-state index is -2.67. The summed E-state index contributed by atoms with van der Waals surface area (Å²) in [5.74, 6) is 3.26. The first-order valence-corrected chi connectivity index (χ1v) is 7.02. The second-order valence-electron chi connectivity index (χ2n) is 4.99. The van der Waals surface area contributed by atoms with Crippen LogP contribution in [0.2, 0.25) is 0 Å². The zero-order valence-corrected chi connectivity index (χ0v) is 9.18. The molecule has 0 amide bonds. The van der Waals surface area contributed by atoms with E-state index in [1.165, 1.54) is 6.42 Å². The van der Waals surface area contributed by atoms with Gasteiger partial charge in [-0.05, 0) is 36.5 Å². The highest BCUT2D eigenvalue weighted by molar-refractivity contribution is 7.91. The molecule has 3 unspecified atom stereocenters. The second kappa shape index (κ2) is 2.97. The summed E-state index contributed by atoms with van der Waals surface area (Å²) in [4.78, 5) is 0. The fraction of sp³-hybridized carbons (Fsp3) is 1.00. The highest BCUT2D eigenvalue weighted by atomic mass is 32.2. The summed E-state index contributed by atoms with van der Waals surface area (Å²) in [6.45, 7) is 4.44. The summed E-state index contributed by atoms with van der Waals surface area (Å²) in [6.07, 6.45) is 2.40. The highest BCUT2D eigenvalue weighted by Gasteiger charge is 2.46. The summed E-state index contributed by atoms with van der Waals surface area (Å²) < 4.78 is 22.8. The van der Waals surface area contributed by atoms with Crippen LogP contribution in [0, 0.1) is 23.7 Å². The standard InChI is InChI=1S/C10H18O2S/c1-7(2)9-4-3-8-5-13(11,12)6-10(8)9/h7-10H,3-6H2,1-2H3. The Morgan fingerprint density at radius 3 is 2.46 bits per heavy atom.